The van der Waals surface area contributed by atoms with Crippen molar-refractivity contribution < 1.29 is 0 Å². The molecule has 2 heterocycles. The zero-order chi connectivity index (χ0) is 15.1. The van der Waals surface area contributed by atoms with Crippen LogP contribution < -0.4 is 11.1 Å². The molecule has 4 N–H and O–H groups in total. The molecule has 0 spiro atoms. The minimum absolute atomic E-state index is 0.415. The summed E-state index contributed by atoms with van der Waals surface area (Å²) < 4.78 is 0. The van der Waals surface area contributed by atoms with E-state index in [0.717, 1.165) is 27.5 Å². The summed E-state index contributed by atoms with van der Waals surface area (Å²) in [6.07, 6.45) is 0. The average molecular weight is 310 g/mol. The number of hydrogen-bond donors (Lipinski definition) is 3. The minimum atomic E-state index is 0.415. The summed E-state index contributed by atoms with van der Waals surface area (Å²) in [4.78, 5) is 4.67. The van der Waals surface area contributed by atoms with Crippen LogP contribution in [0.4, 0.5) is 17.3 Å². The van der Waals surface area contributed by atoms with Gasteiger partial charge in [0.15, 0.2) is 5.82 Å². The molecule has 0 aliphatic carbocycles. The Hall–Kier alpha value is -2.79. The van der Waals surface area contributed by atoms with Gasteiger partial charge in [-0.25, -0.2) is 4.98 Å². The Morgan fingerprint density at radius 1 is 1.09 bits per heavy atom. The predicted molar refractivity (Wildman–Crippen MR) is 90.5 cm³/mol. The summed E-state index contributed by atoms with van der Waals surface area (Å²) in [5.41, 5.74) is 8.58. The third-order valence-electron chi connectivity index (χ3n) is 3.52. The van der Waals surface area contributed by atoms with E-state index >= 15 is 0 Å². The van der Waals surface area contributed by atoms with Gasteiger partial charge in [0.25, 0.3) is 0 Å². The minimum Gasteiger partial charge on any atom is -0.382 e. The first-order valence-corrected chi connectivity index (χ1v) is 7.15. The van der Waals surface area contributed by atoms with Crippen molar-refractivity contribution in [3.63, 3.8) is 0 Å². The molecule has 0 bridgehead atoms. The largest absolute Gasteiger partial charge is 0.382 e. The second kappa shape index (κ2) is 4.89. The molecule has 22 heavy (non-hydrogen) atoms. The standard InChI is InChI=1S/C16H12ClN5/c17-9-4-3-5-10(8-9)19-16-13-14(21-22-15(13)18)11-6-1-2-7-12(11)20-16/h1-8H,(H,19,20)(H3,18,21,22). The van der Waals surface area contributed by atoms with Gasteiger partial charge < -0.3 is 11.1 Å². The highest BCUT2D eigenvalue weighted by molar-refractivity contribution is 6.30. The first-order valence-electron chi connectivity index (χ1n) is 6.77. The highest BCUT2D eigenvalue weighted by atomic mass is 35.5. The number of fused-ring (bicyclic) bond motifs is 3. The van der Waals surface area contributed by atoms with Crippen molar-refractivity contribution in [3.05, 3.63) is 53.6 Å². The molecule has 108 valence electrons. The number of pyridine rings is 1. The van der Waals surface area contributed by atoms with Crippen molar-refractivity contribution in [2.45, 2.75) is 0 Å². The van der Waals surface area contributed by atoms with Gasteiger partial charge in [0, 0.05) is 16.1 Å². The fourth-order valence-corrected chi connectivity index (χ4v) is 2.73. The van der Waals surface area contributed by atoms with Gasteiger partial charge in [0.1, 0.15) is 5.82 Å². The topological polar surface area (TPSA) is 79.6 Å². The summed E-state index contributed by atoms with van der Waals surface area (Å²) >= 11 is 6.03. The van der Waals surface area contributed by atoms with E-state index < -0.39 is 0 Å². The SMILES string of the molecule is Nc1n[nH]c2c1c(Nc1cccc(Cl)c1)nc1ccccc12. The second-order valence-electron chi connectivity index (χ2n) is 4.97. The van der Waals surface area contributed by atoms with Gasteiger partial charge in [0.05, 0.1) is 16.4 Å². The van der Waals surface area contributed by atoms with Crippen LogP contribution in [0, 0.1) is 0 Å². The van der Waals surface area contributed by atoms with Crippen molar-refractivity contribution in [1.29, 1.82) is 0 Å². The maximum atomic E-state index is 6.03. The summed E-state index contributed by atoms with van der Waals surface area (Å²) in [6, 6.07) is 15.3. The Kier molecular flexibility index (Phi) is 2.87. The Bertz CT molecular complexity index is 992. The number of nitrogens with zero attached hydrogens (tertiary/aromatic N) is 2. The lowest BCUT2D eigenvalue weighted by Gasteiger charge is -2.09. The Morgan fingerprint density at radius 3 is 2.82 bits per heavy atom. The van der Waals surface area contributed by atoms with Crippen LogP contribution in [0.15, 0.2) is 48.5 Å². The molecule has 0 amide bonds. The number of aromatic amines is 1. The van der Waals surface area contributed by atoms with Crippen LogP contribution >= 0.6 is 11.6 Å². The summed E-state index contributed by atoms with van der Waals surface area (Å²) in [5.74, 6) is 1.07. The van der Waals surface area contributed by atoms with Crippen LogP contribution in [0.2, 0.25) is 5.02 Å². The van der Waals surface area contributed by atoms with E-state index in [0.29, 0.717) is 16.7 Å². The molecular weight excluding hydrogens is 298 g/mol. The highest BCUT2D eigenvalue weighted by Crippen LogP contribution is 2.33. The quantitative estimate of drug-likeness (QED) is 0.521. The van der Waals surface area contributed by atoms with E-state index in [1.807, 2.05) is 48.5 Å². The van der Waals surface area contributed by atoms with Gasteiger partial charge in [-0.1, -0.05) is 35.9 Å². The number of aromatic nitrogens is 3. The molecule has 0 aliphatic rings. The van der Waals surface area contributed by atoms with Crippen LogP contribution in [0.5, 0.6) is 0 Å². The zero-order valence-electron chi connectivity index (χ0n) is 11.5. The van der Waals surface area contributed by atoms with Crippen molar-refractivity contribution in [2.75, 3.05) is 11.1 Å². The third kappa shape index (κ3) is 2.03. The first kappa shape index (κ1) is 12.9. The third-order valence-corrected chi connectivity index (χ3v) is 3.76. The number of benzene rings is 2. The molecule has 4 aromatic rings. The van der Waals surface area contributed by atoms with Crippen LogP contribution in [0.3, 0.4) is 0 Å². The molecule has 4 rings (SSSR count). The number of nitrogens with two attached hydrogens (primary N) is 1. The molecule has 0 radical (unpaired) electrons. The van der Waals surface area contributed by atoms with Crippen molar-refractivity contribution in [2.24, 2.45) is 0 Å². The van der Waals surface area contributed by atoms with E-state index in [-0.39, 0.29) is 0 Å². The molecule has 0 saturated carbocycles. The summed E-state index contributed by atoms with van der Waals surface area (Å²) in [7, 11) is 0. The maximum Gasteiger partial charge on any atom is 0.156 e. The molecule has 5 nitrogen and oxygen atoms in total. The van der Waals surface area contributed by atoms with Crippen molar-refractivity contribution in [3.8, 4) is 0 Å². The van der Waals surface area contributed by atoms with Gasteiger partial charge in [-0.05, 0) is 24.3 Å². The van der Waals surface area contributed by atoms with Crippen LogP contribution in [0.25, 0.3) is 21.8 Å². The van der Waals surface area contributed by atoms with Gasteiger partial charge in [-0.15, -0.1) is 0 Å². The van der Waals surface area contributed by atoms with E-state index in [1.54, 1.807) is 0 Å². The van der Waals surface area contributed by atoms with E-state index in [1.165, 1.54) is 0 Å². The van der Waals surface area contributed by atoms with Crippen LogP contribution in [-0.2, 0) is 0 Å². The number of rotatable bonds is 2. The van der Waals surface area contributed by atoms with Gasteiger partial charge in [0.2, 0.25) is 0 Å². The molecular formula is C16H12ClN5. The van der Waals surface area contributed by atoms with Gasteiger partial charge in [-0.3, -0.25) is 5.10 Å². The smallest absolute Gasteiger partial charge is 0.156 e. The van der Waals surface area contributed by atoms with Gasteiger partial charge >= 0.3 is 0 Å². The number of nitrogens with one attached hydrogen (secondary N) is 2. The fourth-order valence-electron chi connectivity index (χ4n) is 2.54. The second-order valence-corrected chi connectivity index (χ2v) is 5.41. The lowest BCUT2D eigenvalue weighted by molar-refractivity contribution is 1.13. The lowest BCUT2D eigenvalue weighted by atomic mass is 10.1. The van der Waals surface area contributed by atoms with Crippen molar-refractivity contribution >= 4 is 50.7 Å². The van der Waals surface area contributed by atoms with E-state index in [9.17, 15) is 0 Å². The Labute approximate surface area is 131 Å². The van der Waals surface area contributed by atoms with Gasteiger partial charge in [-0.2, -0.15) is 5.10 Å². The number of H-pyrrole nitrogens is 1. The molecule has 0 saturated heterocycles. The normalized spacial score (nSPS) is 11.1. The number of halogens is 1. The predicted octanol–water partition coefficient (Wildman–Crippen LogP) is 4.09. The molecule has 2 aromatic heterocycles. The fraction of sp³-hybridized carbons (Fsp3) is 0. The molecule has 0 unspecified atom stereocenters. The van der Waals surface area contributed by atoms with E-state index in [4.69, 9.17) is 17.3 Å². The average Bonchev–Trinajstić information content (AvgIpc) is 2.90. The zero-order valence-corrected chi connectivity index (χ0v) is 12.2. The van der Waals surface area contributed by atoms with E-state index in [2.05, 4.69) is 20.5 Å². The lowest BCUT2D eigenvalue weighted by Crippen LogP contribution is -1.97. The molecule has 0 atom stereocenters. The van der Waals surface area contributed by atoms with Crippen molar-refractivity contribution in [1.82, 2.24) is 15.2 Å². The number of nitrogen functional groups attached to an aromatic ring is 1. The monoisotopic (exact) mass is 309 g/mol. The number of para-hydroxylation sites is 1. The van der Waals surface area contributed by atoms with Crippen LogP contribution in [0.1, 0.15) is 0 Å². The molecule has 6 heteroatoms. The number of hydrogen-bond acceptors (Lipinski definition) is 4. The maximum absolute atomic E-state index is 6.03. The summed E-state index contributed by atoms with van der Waals surface area (Å²) in [5, 5.41) is 12.8. The Morgan fingerprint density at radius 2 is 1.95 bits per heavy atom. The molecule has 0 aliphatic heterocycles. The molecule has 0 fully saturated rings. The Balaban J connectivity index is 1.96. The number of anilines is 3. The first-order chi connectivity index (χ1) is 10.7. The summed E-state index contributed by atoms with van der Waals surface area (Å²) in [6.45, 7) is 0. The molecule has 2 aromatic carbocycles. The highest BCUT2D eigenvalue weighted by Gasteiger charge is 2.14. The van der Waals surface area contributed by atoms with Crippen LogP contribution in [-0.4, -0.2) is 15.2 Å².